The molecule has 0 unspecified atom stereocenters. The summed E-state index contributed by atoms with van der Waals surface area (Å²) in [4.78, 5) is 0. The van der Waals surface area contributed by atoms with Crippen LogP contribution in [0.3, 0.4) is 0 Å². The molecule has 0 atom stereocenters. The lowest BCUT2D eigenvalue weighted by molar-refractivity contribution is 0.685. The molecule has 84 valence electrons. The van der Waals surface area contributed by atoms with Gasteiger partial charge in [0.1, 0.15) is 0 Å². The Morgan fingerprint density at radius 2 is 1.94 bits per heavy atom. The first-order valence-electron chi connectivity index (χ1n) is 6.07. The zero-order valence-electron chi connectivity index (χ0n) is 9.56. The molecule has 0 bridgehead atoms. The van der Waals surface area contributed by atoms with E-state index in [-0.39, 0.29) is 0 Å². The van der Waals surface area contributed by atoms with E-state index in [0.717, 1.165) is 18.4 Å². The monoisotopic (exact) mass is 232 g/mol. The number of halogens is 1. The van der Waals surface area contributed by atoms with Crippen LogP contribution in [0.15, 0.2) is 18.2 Å². The lowest BCUT2D eigenvalue weighted by Crippen LogP contribution is -2.02. The Hall–Kier alpha value is -0.930. The molecule has 0 fully saturated rings. The standard InChI is InChI=1S/C15H17Cl/c16-11-5-1-2-6-13-9-10-14-7-3-4-8-15(14)12-13/h9-10,12H,1,3-5,7-8,11H2. The first-order chi connectivity index (χ1) is 7.90. The van der Waals surface area contributed by atoms with E-state index in [1.165, 1.54) is 36.8 Å². The fourth-order valence-electron chi connectivity index (χ4n) is 2.13. The second-order valence-electron chi connectivity index (χ2n) is 4.28. The van der Waals surface area contributed by atoms with Crippen molar-refractivity contribution in [3.63, 3.8) is 0 Å². The maximum absolute atomic E-state index is 5.61. The zero-order chi connectivity index (χ0) is 11.2. The van der Waals surface area contributed by atoms with Crippen molar-refractivity contribution in [1.82, 2.24) is 0 Å². The summed E-state index contributed by atoms with van der Waals surface area (Å²) in [7, 11) is 0. The van der Waals surface area contributed by atoms with Crippen LogP contribution in [0, 0.1) is 11.8 Å². The first-order valence-corrected chi connectivity index (χ1v) is 6.60. The van der Waals surface area contributed by atoms with Gasteiger partial charge < -0.3 is 0 Å². The fourth-order valence-corrected chi connectivity index (χ4v) is 2.26. The number of hydrogen-bond acceptors (Lipinski definition) is 0. The van der Waals surface area contributed by atoms with E-state index >= 15 is 0 Å². The van der Waals surface area contributed by atoms with E-state index in [9.17, 15) is 0 Å². The normalized spacial score (nSPS) is 13.8. The van der Waals surface area contributed by atoms with Crippen LogP contribution < -0.4 is 0 Å². The van der Waals surface area contributed by atoms with Crippen LogP contribution in [-0.4, -0.2) is 5.88 Å². The third kappa shape index (κ3) is 3.03. The van der Waals surface area contributed by atoms with Crippen LogP contribution in [0.1, 0.15) is 42.4 Å². The number of aryl methyl sites for hydroxylation is 2. The highest BCUT2D eigenvalue weighted by Crippen LogP contribution is 2.21. The molecule has 0 radical (unpaired) electrons. The van der Waals surface area contributed by atoms with Gasteiger partial charge in [0.15, 0.2) is 0 Å². The summed E-state index contributed by atoms with van der Waals surface area (Å²) in [6, 6.07) is 6.67. The van der Waals surface area contributed by atoms with Crippen molar-refractivity contribution in [2.45, 2.75) is 38.5 Å². The highest BCUT2D eigenvalue weighted by Gasteiger charge is 2.08. The van der Waals surface area contributed by atoms with E-state index < -0.39 is 0 Å². The van der Waals surface area contributed by atoms with Gasteiger partial charge >= 0.3 is 0 Å². The van der Waals surface area contributed by atoms with Gasteiger partial charge in [0.2, 0.25) is 0 Å². The molecule has 0 saturated carbocycles. The van der Waals surface area contributed by atoms with E-state index in [1.54, 1.807) is 0 Å². The molecule has 1 aliphatic carbocycles. The Bertz CT molecular complexity index is 409. The highest BCUT2D eigenvalue weighted by atomic mass is 35.5. The molecule has 0 aliphatic heterocycles. The van der Waals surface area contributed by atoms with Gasteiger partial charge in [0, 0.05) is 17.9 Å². The van der Waals surface area contributed by atoms with Crippen LogP contribution in [0.2, 0.25) is 0 Å². The maximum atomic E-state index is 5.61. The number of alkyl halides is 1. The summed E-state index contributed by atoms with van der Waals surface area (Å²) >= 11 is 5.61. The average molecular weight is 233 g/mol. The van der Waals surface area contributed by atoms with Crippen molar-refractivity contribution in [3.8, 4) is 11.8 Å². The Balaban J connectivity index is 2.07. The number of benzene rings is 1. The summed E-state index contributed by atoms with van der Waals surface area (Å²) in [6.45, 7) is 0. The minimum absolute atomic E-state index is 0.707. The second kappa shape index (κ2) is 5.97. The fraction of sp³-hybridized carbons (Fsp3) is 0.467. The van der Waals surface area contributed by atoms with Crippen molar-refractivity contribution in [2.24, 2.45) is 0 Å². The number of hydrogen-bond donors (Lipinski definition) is 0. The second-order valence-corrected chi connectivity index (χ2v) is 4.66. The predicted octanol–water partition coefficient (Wildman–Crippen LogP) is 3.94. The molecule has 0 heterocycles. The van der Waals surface area contributed by atoms with Gasteiger partial charge in [-0.25, -0.2) is 0 Å². The molecule has 16 heavy (non-hydrogen) atoms. The van der Waals surface area contributed by atoms with E-state index in [2.05, 4.69) is 30.0 Å². The van der Waals surface area contributed by atoms with Crippen LogP contribution in [0.4, 0.5) is 0 Å². The van der Waals surface area contributed by atoms with E-state index in [0.29, 0.717) is 5.88 Å². The number of fused-ring (bicyclic) bond motifs is 1. The SMILES string of the molecule is ClCCCC#Cc1ccc2c(c1)CCCC2. The molecule has 0 aromatic heterocycles. The molecule has 0 saturated heterocycles. The van der Waals surface area contributed by atoms with Crippen LogP contribution in [0.25, 0.3) is 0 Å². The third-order valence-electron chi connectivity index (χ3n) is 3.02. The third-order valence-corrected chi connectivity index (χ3v) is 3.28. The Labute approximate surface area is 103 Å². The first kappa shape index (κ1) is 11.6. The molecule has 2 rings (SSSR count). The summed E-state index contributed by atoms with van der Waals surface area (Å²) in [6.07, 6.45) is 7.03. The van der Waals surface area contributed by atoms with Gasteiger partial charge in [-0.2, -0.15) is 0 Å². The molecular formula is C15H17Cl. The lowest BCUT2D eigenvalue weighted by atomic mass is 9.90. The molecule has 1 heteroatoms. The van der Waals surface area contributed by atoms with Crippen molar-refractivity contribution < 1.29 is 0 Å². The molecule has 0 nitrogen and oxygen atoms in total. The van der Waals surface area contributed by atoms with Gasteiger partial charge in [0.05, 0.1) is 0 Å². The average Bonchev–Trinajstić information content (AvgIpc) is 2.34. The molecule has 1 aliphatic rings. The molecule has 0 N–H and O–H groups in total. The van der Waals surface area contributed by atoms with Gasteiger partial charge in [-0.05, 0) is 55.4 Å². The van der Waals surface area contributed by atoms with Crippen LogP contribution >= 0.6 is 11.6 Å². The molecular weight excluding hydrogens is 216 g/mol. The minimum atomic E-state index is 0.707. The van der Waals surface area contributed by atoms with Crippen molar-refractivity contribution in [3.05, 3.63) is 34.9 Å². The quantitative estimate of drug-likeness (QED) is 0.412. The van der Waals surface area contributed by atoms with E-state index in [4.69, 9.17) is 11.6 Å². The van der Waals surface area contributed by atoms with E-state index in [1.807, 2.05) is 0 Å². The molecule has 1 aromatic rings. The minimum Gasteiger partial charge on any atom is -0.127 e. The topological polar surface area (TPSA) is 0 Å². The lowest BCUT2D eigenvalue weighted by Gasteiger charge is -2.15. The summed E-state index contributed by atoms with van der Waals surface area (Å²) < 4.78 is 0. The Kier molecular flexibility index (Phi) is 4.31. The maximum Gasteiger partial charge on any atom is 0.0248 e. The summed E-state index contributed by atoms with van der Waals surface area (Å²) in [5.41, 5.74) is 4.20. The Morgan fingerprint density at radius 1 is 1.12 bits per heavy atom. The predicted molar refractivity (Wildman–Crippen MR) is 69.9 cm³/mol. The molecule has 1 aromatic carbocycles. The summed E-state index contributed by atoms with van der Waals surface area (Å²) in [5.74, 6) is 7.10. The largest absolute Gasteiger partial charge is 0.127 e. The van der Waals surface area contributed by atoms with Gasteiger partial charge in [-0.3, -0.25) is 0 Å². The van der Waals surface area contributed by atoms with Gasteiger partial charge in [-0.15, -0.1) is 11.6 Å². The molecule has 0 spiro atoms. The van der Waals surface area contributed by atoms with Gasteiger partial charge in [-0.1, -0.05) is 17.9 Å². The van der Waals surface area contributed by atoms with Crippen LogP contribution in [0.5, 0.6) is 0 Å². The van der Waals surface area contributed by atoms with Crippen molar-refractivity contribution >= 4 is 11.6 Å². The summed E-state index contributed by atoms with van der Waals surface area (Å²) in [5, 5.41) is 0. The number of rotatable bonds is 2. The Morgan fingerprint density at radius 3 is 2.75 bits per heavy atom. The number of unbranched alkanes of at least 4 members (excludes halogenated alkanes) is 1. The highest BCUT2D eigenvalue weighted by molar-refractivity contribution is 6.17. The smallest absolute Gasteiger partial charge is 0.0248 e. The zero-order valence-corrected chi connectivity index (χ0v) is 10.3. The van der Waals surface area contributed by atoms with Crippen molar-refractivity contribution in [2.75, 3.05) is 5.88 Å². The molecule has 0 amide bonds. The van der Waals surface area contributed by atoms with Crippen LogP contribution in [-0.2, 0) is 12.8 Å². The van der Waals surface area contributed by atoms with Gasteiger partial charge in [0.25, 0.3) is 0 Å². The van der Waals surface area contributed by atoms with Crippen molar-refractivity contribution in [1.29, 1.82) is 0 Å².